The van der Waals surface area contributed by atoms with Gasteiger partial charge in [0.1, 0.15) is 18.1 Å². The molecule has 0 saturated heterocycles. The summed E-state index contributed by atoms with van der Waals surface area (Å²) in [6.07, 6.45) is -3.35. The number of alkyl halides is 4. The molecule has 1 fully saturated rings. The lowest BCUT2D eigenvalue weighted by atomic mass is 10.0. The van der Waals surface area contributed by atoms with Crippen LogP contribution in [-0.2, 0) is 27.2 Å². The Hall–Kier alpha value is -3.05. The Labute approximate surface area is 208 Å². The number of carbonyl (C=O) groups excluding carboxylic acids is 1. The highest BCUT2D eigenvalue weighted by Gasteiger charge is 2.44. The van der Waals surface area contributed by atoms with E-state index in [2.05, 4.69) is 19.8 Å². The fourth-order valence-corrected chi connectivity index (χ4v) is 4.54. The number of aliphatic hydroxyl groups excluding tert-OH is 1. The largest absolute Gasteiger partial charge is 0.455 e. The Kier molecular flexibility index (Phi) is 7.57. The first-order valence-corrected chi connectivity index (χ1v) is 12.4. The second-order valence-electron chi connectivity index (χ2n) is 8.61. The molecule has 0 radical (unpaired) electrons. The number of furan rings is 1. The van der Waals surface area contributed by atoms with E-state index in [9.17, 15) is 35.9 Å². The molecule has 11 nitrogen and oxygen atoms in total. The number of aromatic nitrogens is 1. The van der Waals surface area contributed by atoms with Crippen LogP contribution >= 0.6 is 0 Å². The zero-order valence-electron chi connectivity index (χ0n) is 18.9. The number of nitrogens with two attached hydrogens (primary N) is 1. The van der Waals surface area contributed by atoms with E-state index in [4.69, 9.17) is 9.56 Å². The number of nitrogens with one attached hydrogen (secondary N) is 2. The third kappa shape index (κ3) is 6.45. The second kappa shape index (κ2) is 10.4. The van der Waals surface area contributed by atoms with Crippen molar-refractivity contribution in [3.05, 3.63) is 59.4 Å². The van der Waals surface area contributed by atoms with Gasteiger partial charge in [0.2, 0.25) is 5.76 Å². The van der Waals surface area contributed by atoms with Crippen molar-refractivity contribution in [1.82, 2.24) is 15.2 Å². The number of nitrogens with zero attached hydrogens (tertiary/aromatic N) is 2. The van der Waals surface area contributed by atoms with Gasteiger partial charge in [0.15, 0.2) is 5.78 Å². The minimum atomic E-state index is -4.61. The summed E-state index contributed by atoms with van der Waals surface area (Å²) in [5, 5.41) is 20.6. The molecular formula is C21H23F4N5O6S. The fourth-order valence-electron chi connectivity index (χ4n) is 4.18. The summed E-state index contributed by atoms with van der Waals surface area (Å²) in [6.45, 7) is -0.556. The molecule has 1 aliphatic carbocycles. The maximum absolute atomic E-state index is 14.7. The zero-order valence-corrected chi connectivity index (χ0v) is 19.7. The van der Waals surface area contributed by atoms with Gasteiger partial charge in [0.05, 0.1) is 31.2 Å². The van der Waals surface area contributed by atoms with Crippen LogP contribution in [0.5, 0.6) is 0 Å². The number of hydrogen-bond acceptors (Lipinski definition) is 9. The number of Topliss-reactive ketones (excluding diaryl/α,β-unsaturated/α-hetero) is 1. The van der Waals surface area contributed by atoms with Crippen LogP contribution in [-0.4, -0.2) is 61.3 Å². The smallest absolute Gasteiger partial charge is 0.449 e. The van der Waals surface area contributed by atoms with Crippen molar-refractivity contribution in [1.29, 1.82) is 0 Å². The van der Waals surface area contributed by atoms with E-state index < -0.39 is 65.0 Å². The molecule has 0 bridgehead atoms. The highest BCUT2D eigenvalue weighted by molar-refractivity contribution is 7.84. The molecule has 0 spiro atoms. The van der Waals surface area contributed by atoms with Crippen molar-refractivity contribution in [3.63, 3.8) is 0 Å². The van der Waals surface area contributed by atoms with Crippen LogP contribution in [0.1, 0.15) is 28.3 Å². The molecule has 16 heteroatoms. The van der Waals surface area contributed by atoms with Crippen molar-refractivity contribution >= 4 is 22.4 Å². The Balaban J connectivity index is 1.41. The molecule has 3 heterocycles. The molecule has 4 rings (SSSR count). The van der Waals surface area contributed by atoms with Crippen LogP contribution in [0.25, 0.3) is 0 Å². The molecule has 202 valence electrons. The summed E-state index contributed by atoms with van der Waals surface area (Å²) in [5.74, 6) is -2.43. The van der Waals surface area contributed by atoms with E-state index >= 15 is 0 Å². The van der Waals surface area contributed by atoms with Gasteiger partial charge in [0.25, 0.3) is 0 Å². The Bertz CT molecular complexity index is 1300. The lowest BCUT2D eigenvalue weighted by Crippen LogP contribution is -2.52. The number of halogens is 4. The fraction of sp³-hybridized carbons (Fsp3) is 0.429. The van der Waals surface area contributed by atoms with Gasteiger partial charge in [0, 0.05) is 36.1 Å². The van der Waals surface area contributed by atoms with Crippen LogP contribution in [0, 0.1) is 5.92 Å². The third-order valence-electron chi connectivity index (χ3n) is 5.97. The Morgan fingerprint density at radius 2 is 2.11 bits per heavy atom. The molecule has 2 aliphatic rings. The molecule has 2 aromatic heterocycles. The number of hydrogen-bond donors (Lipinski definition) is 4. The van der Waals surface area contributed by atoms with Gasteiger partial charge in [-0.15, -0.1) is 0 Å². The van der Waals surface area contributed by atoms with Crippen LogP contribution in [0.4, 0.5) is 17.6 Å². The quantitative estimate of drug-likeness (QED) is 0.267. The summed E-state index contributed by atoms with van der Waals surface area (Å²) >= 11 is 0. The average Bonchev–Trinajstić information content (AvgIpc) is 3.54. The lowest BCUT2D eigenvalue weighted by Gasteiger charge is -2.27. The number of ketones is 1. The van der Waals surface area contributed by atoms with Crippen molar-refractivity contribution in [2.75, 3.05) is 6.61 Å². The average molecular weight is 550 g/mol. The minimum absolute atomic E-state index is 0.00587. The van der Waals surface area contributed by atoms with Crippen LogP contribution in [0.15, 0.2) is 51.8 Å². The molecule has 0 amide bonds. The number of carbonyl (C=O) groups is 1. The number of aliphatic imine (C=N–C) groups is 1. The lowest BCUT2D eigenvalue weighted by molar-refractivity contribution is -0.153. The third-order valence-corrected chi connectivity index (χ3v) is 6.44. The predicted octanol–water partition coefficient (Wildman–Crippen LogP) is 1.07. The van der Waals surface area contributed by atoms with E-state index in [0.717, 1.165) is 6.07 Å². The van der Waals surface area contributed by atoms with E-state index in [1.165, 1.54) is 41.6 Å². The molecule has 2 aromatic rings. The van der Waals surface area contributed by atoms with Crippen molar-refractivity contribution in [3.8, 4) is 0 Å². The number of rotatable bonds is 9. The van der Waals surface area contributed by atoms with Crippen molar-refractivity contribution < 1.29 is 44.5 Å². The topological polar surface area (TPSA) is 161 Å². The summed E-state index contributed by atoms with van der Waals surface area (Å²) in [4.78, 5) is 17.1. The van der Waals surface area contributed by atoms with Crippen LogP contribution in [0.3, 0.4) is 0 Å². The summed E-state index contributed by atoms with van der Waals surface area (Å²) in [5.41, 5.74) is 0.311. The van der Waals surface area contributed by atoms with E-state index in [1.54, 1.807) is 0 Å². The zero-order chi connectivity index (χ0) is 27.0. The monoisotopic (exact) mass is 549 g/mol. The maximum atomic E-state index is 14.7. The van der Waals surface area contributed by atoms with Crippen LogP contribution in [0.2, 0.25) is 0 Å². The Morgan fingerprint density at radius 1 is 1.35 bits per heavy atom. The molecule has 0 aromatic carbocycles. The molecule has 5 N–H and O–H groups in total. The SMILES string of the molecule is NS(=O)(=O)OC[C@H]1C[C@@H](NC2NC=NC=C2C(=O)c2ccn(Cc3ccc(C(F)(F)F)o3)c2)[C@@H](F)[C@@H]1O. The van der Waals surface area contributed by atoms with Crippen molar-refractivity contribution in [2.45, 2.75) is 43.6 Å². The minimum Gasteiger partial charge on any atom is -0.455 e. The van der Waals surface area contributed by atoms with Gasteiger partial charge in [-0.25, -0.2) is 14.5 Å². The Morgan fingerprint density at radius 3 is 2.78 bits per heavy atom. The molecule has 37 heavy (non-hydrogen) atoms. The molecular weight excluding hydrogens is 526 g/mol. The normalized spacial score (nSPS) is 26.2. The first-order chi connectivity index (χ1) is 17.3. The first kappa shape index (κ1) is 27.0. The standard InChI is InChI=1S/C21H23F4N5O6S/c22-17-15(5-12(19(17)32)9-35-37(26,33)34)29-20-14(6-27-10-28-20)18(31)11-3-4-30(7-11)8-13-1-2-16(36-13)21(23,24)25/h1-4,6-7,10,12,15,17,19-20,29,32H,5,8-9H2,(H,27,28)(H2,26,33,34)/t12-,15-,17-,19-,20?/m1/s1. The van der Waals surface area contributed by atoms with Gasteiger partial charge in [-0.3, -0.25) is 14.3 Å². The molecule has 1 unspecified atom stereocenters. The van der Waals surface area contributed by atoms with Crippen LogP contribution < -0.4 is 15.8 Å². The van der Waals surface area contributed by atoms with Gasteiger partial charge in [-0.1, -0.05) is 0 Å². The number of aliphatic hydroxyl groups is 1. The van der Waals surface area contributed by atoms with E-state index in [0.29, 0.717) is 0 Å². The van der Waals surface area contributed by atoms with E-state index in [1.807, 2.05) is 0 Å². The highest BCUT2D eigenvalue weighted by atomic mass is 32.2. The van der Waals surface area contributed by atoms with Gasteiger partial charge in [-0.05, 0) is 24.6 Å². The second-order valence-corrected chi connectivity index (χ2v) is 9.83. The molecule has 1 saturated carbocycles. The predicted molar refractivity (Wildman–Crippen MR) is 120 cm³/mol. The van der Waals surface area contributed by atoms with Gasteiger partial charge in [-0.2, -0.15) is 21.6 Å². The van der Waals surface area contributed by atoms with Gasteiger partial charge >= 0.3 is 16.5 Å². The summed E-state index contributed by atoms with van der Waals surface area (Å²) in [7, 11) is -4.27. The molecule has 1 aliphatic heterocycles. The van der Waals surface area contributed by atoms with E-state index in [-0.39, 0.29) is 29.9 Å². The summed E-state index contributed by atoms with van der Waals surface area (Å²) < 4.78 is 85.8. The van der Waals surface area contributed by atoms with Crippen molar-refractivity contribution in [2.24, 2.45) is 16.0 Å². The van der Waals surface area contributed by atoms with Gasteiger partial charge < -0.3 is 19.4 Å². The summed E-state index contributed by atoms with van der Waals surface area (Å²) in [6, 6.07) is 2.51. The molecule has 5 atom stereocenters. The highest BCUT2D eigenvalue weighted by Crippen LogP contribution is 2.32. The first-order valence-electron chi connectivity index (χ1n) is 10.9. The maximum Gasteiger partial charge on any atom is 0.449 e.